The molecule has 4 rings (SSSR count). The molecule has 1 heterocycles. The third-order valence-electron chi connectivity index (χ3n) is 5.17. The van der Waals surface area contributed by atoms with Gasteiger partial charge in [0.2, 0.25) is 0 Å². The van der Waals surface area contributed by atoms with Crippen LogP contribution in [-0.2, 0) is 12.8 Å². The molecule has 122 valence electrons. The molecule has 0 radical (unpaired) electrons. The highest BCUT2D eigenvalue weighted by Crippen LogP contribution is 2.34. The van der Waals surface area contributed by atoms with E-state index in [-0.39, 0.29) is 12.4 Å². The molecule has 2 atom stereocenters. The summed E-state index contributed by atoms with van der Waals surface area (Å²) in [6, 6.07) is 16.3. The van der Waals surface area contributed by atoms with Crippen LogP contribution in [0.4, 0.5) is 5.69 Å². The molecule has 0 amide bonds. The molecule has 3 heteroatoms. The molecule has 2 aromatic carbocycles. The van der Waals surface area contributed by atoms with Crippen LogP contribution in [0.3, 0.4) is 0 Å². The largest absolute Gasteiger partial charge is 0.378 e. The first-order valence-electron chi connectivity index (χ1n) is 8.49. The second kappa shape index (κ2) is 6.94. The van der Waals surface area contributed by atoms with Crippen LogP contribution < -0.4 is 10.6 Å². The lowest BCUT2D eigenvalue weighted by Crippen LogP contribution is -2.18. The van der Waals surface area contributed by atoms with Gasteiger partial charge in [0.05, 0.1) is 6.04 Å². The number of nitrogens with one attached hydrogen (secondary N) is 2. The van der Waals surface area contributed by atoms with Crippen LogP contribution in [0.15, 0.2) is 42.5 Å². The lowest BCUT2D eigenvalue weighted by atomic mass is 9.94. The maximum absolute atomic E-state index is 3.77. The summed E-state index contributed by atoms with van der Waals surface area (Å²) < 4.78 is 0. The standard InChI is InChI=1S/C20H24N2.ClH/c1-14-13-21-11-10-16-6-8-17(12-19(14)16)22-20-9-7-15-4-2-3-5-18(15)20;/h2-6,8,12,14,20-22H,7,9-11,13H2,1H3;1H/t14-,20?;/m1./s1. The van der Waals surface area contributed by atoms with Crippen LogP contribution in [-0.4, -0.2) is 13.1 Å². The molecule has 0 spiro atoms. The van der Waals surface area contributed by atoms with E-state index in [9.17, 15) is 0 Å². The Kier molecular flexibility index (Phi) is 4.93. The van der Waals surface area contributed by atoms with Crippen molar-refractivity contribution in [1.29, 1.82) is 0 Å². The van der Waals surface area contributed by atoms with Crippen LogP contribution >= 0.6 is 12.4 Å². The van der Waals surface area contributed by atoms with E-state index in [2.05, 4.69) is 60.0 Å². The van der Waals surface area contributed by atoms with Crippen LogP contribution in [0.2, 0.25) is 0 Å². The minimum Gasteiger partial charge on any atom is -0.378 e. The number of fused-ring (bicyclic) bond motifs is 2. The molecule has 2 nitrogen and oxygen atoms in total. The van der Waals surface area contributed by atoms with E-state index < -0.39 is 0 Å². The van der Waals surface area contributed by atoms with Gasteiger partial charge < -0.3 is 10.6 Å². The Morgan fingerprint density at radius 3 is 2.74 bits per heavy atom. The zero-order valence-corrected chi connectivity index (χ0v) is 14.5. The van der Waals surface area contributed by atoms with Crippen molar-refractivity contribution in [3.63, 3.8) is 0 Å². The smallest absolute Gasteiger partial charge is 0.0519 e. The molecular weight excluding hydrogens is 304 g/mol. The summed E-state index contributed by atoms with van der Waals surface area (Å²) in [5.41, 5.74) is 7.28. The summed E-state index contributed by atoms with van der Waals surface area (Å²) in [7, 11) is 0. The minimum atomic E-state index is 0. The fraction of sp³-hybridized carbons (Fsp3) is 0.400. The number of rotatable bonds is 2. The topological polar surface area (TPSA) is 24.1 Å². The van der Waals surface area contributed by atoms with Crippen LogP contribution in [0.1, 0.15) is 47.6 Å². The Morgan fingerprint density at radius 1 is 1.00 bits per heavy atom. The molecule has 1 unspecified atom stereocenters. The maximum Gasteiger partial charge on any atom is 0.0519 e. The van der Waals surface area contributed by atoms with Gasteiger partial charge in [0, 0.05) is 12.2 Å². The quantitative estimate of drug-likeness (QED) is 0.850. The van der Waals surface area contributed by atoms with Crippen LogP contribution in [0.25, 0.3) is 0 Å². The second-order valence-electron chi connectivity index (χ2n) is 6.70. The van der Waals surface area contributed by atoms with E-state index in [1.807, 2.05) is 0 Å². The second-order valence-corrected chi connectivity index (χ2v) is 6.70. The van der Waals surface area contributed by atoms with Gasteiger partial charge in [-0.2, -0.15) is 0 Å². The van der Waals surface area contributed by atoms with Crippen molar-refractivity contribution in [3.8, 4) is 0 Å². The zero-order chi connectivity index (χ0) is 14.9. The van der Waals surface area contributed by atoms with Crippen molar-refractivity contribution in [1.82, 2.24) is 5.32 Å². The molecule has 1 aliphatic carbocycles. The molecule has 23 heavy (non-hydrogen) atoms. The summed E-state index contributed by atoms with van der Waals surface area (Å²) in [6.07, 6.45) is 3.54. The summed E-state index contributed by atoms with van der Waals surface area (Å²) in [5, 5.41) is 7.30. The lowest BCUT2D eigenvalue weighted by molar-refractivity contribution is 0.644. The highest BCUT2D eigenvalue weighted by molar-refractivity contribution is 5.85. The Labute approximate surface area is 145 Å². The number of benzene rings is 2. The lowest BCUT2D eigenvalue weighted by Gasteiger charge is -2.19. The SMILES string of the molecule is C[C@@H]1CNCCc2ccc(NC3CCc4ccccc43)cc21.Cl. The van der Waals surface area contributed by atoms with Gasteiger partial charge in [0.25, 0.3) is 0 Å². The molecule has 2 aliphatic rings. The highest BCUT2D eigenvalue weighted by Gasteiger charge is 2.22. The third kappa shape index (κ3) is 3.24. The first kappa shape index (κ1) is 16.4. The molecule has 2 aromatic rings. The summed E-state index contributed by atoms with van der Waals surface area (Å²) in [6.45, 7) is 4.51. The first-order chi connectivity index (χ1) is 10.8. The summed E-state index contributed by atoms with van der Waals surface area (Å²) in [5.74, 6) is 0.593. The van der Waals surface area contributed by atoms with Gasteiger partial charge >= 0.3 is 0 Å². The zero-order valence-electron chi connectivity index (χ0n) is 13.6. The predicted octanol–water partition coefficient (Wildman–Crippen LogP) is 4.46. The van der Waals surface area contributed by atoms with E-state index in [4.69, 9.17) is 0 Å². The molecular formula is C20H25ClN2. The molecule has 0 saturated heterocycles. The monoisotopic (exact) mass is 328 g/mol. The summed E-state index contributed by atoms with van der Waals surface area (Å²) in [4.78, 5) is 0. The van der Waals surface area contributed by atoms with Crippen molar-refractivity contribution in [2.24, 2.45) is 0 Å². The predicted molar refractivity (Wildman–Crippen MR) is 99.8 cm³/mol. The Bertz CT molecular complexity index is 683. The first-order valence-corrected chi connectivity index (χ1v) is 8.49. The molecule has 0 fully saturated rings. The van der Waals surface area contributed by atoms with Gasteiger partial charge in [0.1, 0.15) is 0 Å². The number of hydrogen-bond donors (Lipinski definition) is 2. The fourth-order valence-corrected chi connectivity index (χ4v) is 3.93. The Balaban J connectivity index is 0.00000156. The molecule has 0 saturated carbocycles. The highest BCUT2D eigenvalue weighted by atomic mass is 35.5. The number of halogens is 1. The van der Waals surface area contributed by atoms with E-state index in [1.54, 1.807) is 0 Å². The Hall–Kier alpha value is -1.51. The average Bonchev–Trinajstić information content (AvgIpc) is 2.86. The van der Waals surface area contributed by atoms with E-state index in [0.717, 1.165) is 19.5 Å². The van der Waals surface area contributed by atoms with E-state index in [1.165, 1.54) is 40.8 Å². The van der Waals surface area contributed by atoms with Crippen LogP contribution in [0, 0.1) is 0 Å². The number of aryl methyl sites for hydroxylation is 1. The Morgan fingerprint density at radius 2 is 1.83 bits per heavy atom. The van der Waals surface area contributed by atoms with Crippen LogP contribution in [0.5, 0.6) is 0 Å². The average molecular weight is 329 g/mol. The van der Waals surface area contributed by atoms with Crippen molar-refractivity contribution in [3.05, 3.63) is 64.7 Å². The van der Waals surface area contributed by atoms with Gasteiger partial charge in [-0.3, -0.25) is 0 Å². The fourth-order valence-electron chi connectivity index (χ4n) is 3.93. The molecule has 0 bridgehead atoms. The van der Waals surface area contributed by atoms with Crippen molar-refractivity contribution in [2.45, 2.75) is 38.1 Å². The van der Waals surface area contributed by atoms with E-state index >= 15 is 0 Å². The van der Waals surface area contributed by atoms with Gasteiger partial charge in [-0.25, -0.2) is 0 Å². The minimum absolute atomic E-state index is 0. The molecule has 0 aromatic heterocycles. The van der Waals surface area contributed by atoms with E-state index in [0.29, 0.717) is 12.0 Å². The summed E-state index contributed by atoms with van der Waals surface area (Å²) >= 11 is 0. The molecule has 1 aliphatic heterocycles. The van der Waals surface area contributed by atoms with Gasteiger partial charge in [-0.05, 0) is 66.1 Å². The van der Waals surface area contributed by atoms with Gasteiger partial charge in [-0.1, -0.05) is 37.3 Å². The normalized spacial score (nSPS) is 22.5. The molecule has 2 N–H and O–H groups in total. The number of hydrogen-bond acceptors (Lipinski definition) is 2. The van der Waals surface area contributed by atoms with Crippen molar-refractivity contribution in [2.75, 3.05) is 18.4 Å². The maximum atomic E-state index is 3.77. The van der Waals surface area contributed by atoms with Gasteiger partial charge in [0.15, 0.2) is 0 Å². The van der Waals surface area contributed by atoms with Crippen molar-refractivity contribution < 1.29 is 0 Å². The van der Waals surface area contributed by atoms with Crippen molar-refractivity contribution >= 4 is 18.1 Å². The van der Waals surface area contributed by atoms with Gasteiger partial charge in [-0.15, -0.1) is 12.4 Å². The number of anilines is 1. The third-order valence-corrected chi connectivity index (χ3v) is 5.17.